The van der Waals surface area contributed by atoms with Crippen molar-refractivity contribution in [2.75, 3.05) is 11.5 Å². The van der Waals surface area contributed by atoms with Gasteiger partial charge in [0.25, 0.3) is 0 Å². The predicted molar refractivity (Wildman–Crippen MR) is 60.3 cm³/mol. The molecule has 94 valence electrons. The van der Waals surface area contributed by atoms with E-state index in [0.717, 1.165) is 4.68 Å². The number of hydrogen-bond acceptors (Lipinski definition) is 6. The minimum Gasteiger partial charge on any atom is -0.390 e. The van der Waals surface area contributed by atoms with Crippen LogP contribution in [0.3, 0.4) is 0 Å². The third-order valence-electron chi connectivity index (χ3n) is 2.48. The molecule has 2 unspecified atom stereocenters. The topological polar surface area (TPSA) is 115 Å². The highest BCUT2D eigenvalue weighted by atomic mass is 79.9. The van der Waals surface area contributed by atoms with Gasteiger partial charge in [-0.25, -0.2) is 8.42 Å². The quantitative estimate of drug-likeness (QED) is 0.599. The third kappa shape index (κ3) is 2.33. The van der Waals surface area contributed by atoms with Gasteiger partial charge in [0.2, 0.25) is 0 Å². The van der Waals surface area contributed by atoms with Crippen molar-refractivity contribution in [2.24, 2.45) is 0 Å². The zero-order chi connectivity index (χ0) is 12.8. The highest BCUT2D eigenvalue weighted by Gasteiger charge is 2.40. The van der Waals surface area contributed by atoms with E-state index >= 15 is 0 Å². The number of nitrogens with zero attached hydrogens (tertiary/aromatic N) is 3. The number of rotatable bonds is 2. The van der Waals surface area contributed by atoms with Crippen LogP contribution in [-0.2, 0) is 9.84 Å². The SMILES string of the molecule is O=[N+]([O-])c1nn(C2CS(=O)(=O)CC2O)cc1Br. The van der Waals surface area contributed by atoms with E-state index in [-0.39, 0.29) is 16.0 Å². The molecule has 2 rings (SSSR count). The maximum atomic E-state index is 11.3. The highest BCUT2D eigenvalue weighted by molar-refractivity contribution is 9.10. The van der Waals surface area contributed by atoms with E-state index in [2.05, 4.69) is 21.0 Å². The van der Waals surface area contributed by atoms with E-state index in [4.69, 9.17) is 0 Å². The number of halogens is 1. The fourth-order valence-corrected chi connectivity index (χ4v) is 3.92. The van der Waals surface area contributed by atoms with Gasteiger partial charge in [-0.2, -0.15) is 4.68 Å². The molecule has 0 radical (unpaired) electrons. The molecule has 0 aliphatic carbocycles. The second-order valence-electron chi connectivity index (χ2n) is 3.75. The van der Waals surface area contributed by atoms with Crippen LogP contribution in [0, 0.1) is 10.1 Å². The summed E-state index contributed by atoms with van der Waals surface area (Å²) in [5.41, 5.74) is 0. The monoisotopic (exact) mass is 325 g/mol. The number of aliphatic hydroxyl groups excluding tert-OH is 1. The Morgan fingerprint density at radius 2 is 2.24 bits per heavy atom. The van der Waals surface area contributed by atoms with E-state index in [1.807, 2.05) is 0 Å². The van der Waals surface area contributed by atoms with E-state index in [9.17, 15) is 23.6 Å². The van der Waals surface area contributed by atoms with Crippen molar-refractivity contribution in [3.05, 3.63) is 20.8 Å². The van der Waals surface area contributed by atoms with Crippen molar-refractivity contribution in [3.8, 4) is 0 Å². The first kappa shape index (κ1) is 12.5. The summed E-state index contributed by atoms with van der Waals surface area (Å²) in [5, 5.41) is 23.8. The first-order chi connectivity index (χ1) is 7.80. The molecule has 1 aliphatic heterocycles. The van der Waals surface area contributed by atoms with Crippen LogP contribution in [0.25, 0.3) is 0 Å². The van der Waals surface area contributed by atoms with Gasteiger partial charge in [0.15, 0.2) is 9.84 Å². The number of aromatic nitrogens is 2. The number of aliphatic hydroxyl groups is 1. The van der Waals surface area contributed by atoms with Crippen molar-refractivity contribution in [2.45, 2.75) is 12.1 Å². The van der Waals surface area contributed by atoms with Crippen LogP contribution in [-0.4, -0.2) is 45.8 Å². The molecule has 1 N–H and O–H groups in total. The molecule has 8 nitrogen and oxygen atoms in total. The Bertz CT molecular complexity index is 568. The number of nitro groups is 1. The second kappa shape index (κ2) is 4.03. The molecule has 1 saturated heterocycles. The lowest BCUT2D eigenvalue weighted by atomic mass is 10.2. The lowest BCUT2D eigenvalue weighted by Crippen LogP contribution is -2.22. The van der Waals surface area contributed by atoms with Gasteiger partial charge in [-0.15, -0.1) is 0 Å². The Morgan fingerprint density at radius 3 is 2.65 bits per heavy atom. The van der Waals surface area contributed by atoms with Crippen molar-refractivity contribution in [1.29, 1.82) is 0 Å². The van der Waals surface area contributed by atoms with Crippen LogP contribution in [0.2, 0.25) is 0 Å². The smallest absolute Gasteiger partial charge is 0.390 e. The lowest BCUT2D eigenvalue weighted by molar-refractivity contribution is -0.390. The standard InChI is InChI=1S/C7H8BrN3O5S/c8-4-1-10(9-7(4)11(13)14)5-2-17(15,16)3-6(5)12/h1,5-6,12H,2-3H2. The molecule has 1 aromatic heterocycles. The van der Waals surface area contributed by atoms with Crippen LogP contribution >= 0.6 is 15.9 Å². The Morgan fingerprint density at radius 1 is 1.59 bits per heavy atom. The second-order valence-corrected chi connectivity index (χ2v) is 6.76. The van der Waals surface area contributed by atoms with Gasteiger partial charge in [0.1, 0.15) is 10.5 Å². The fraction of sp³-hybridized carbons (Fsp3) is 0.571. The van der Waals surface area contributed by atoms with Crippen molar-refractivity contribution in [1.82, 2.24) is 9.78 Å². The first-order valence-electron chi connectivity index (χ1n) is 4.58. The van der Waals surface area contributed by atoms with E-state index < -0.39 is 32.7 Å². The molecule has 10 heteroatoms. The minimum absolute atomic E-state index is 0.152. The third-order valence-corrected chi connectivity index (χ3v) is 4.73. The summed E-state index contributed by atoms with van der Waals surface area (Å²) in [7, 11) is -3.31. The molecule has 17 heavy (non-hydrogen) atoms. The van der Waals surface area contributed by atoms with Gasteiger partial charge in [-0.1, -0.05) is 0 Å². The predicted octanol–water partition coefficient (Wildman–Crippen LogP) is -0.116. The Hall–Kier alpha value is -1.00. The zero-order valence-corrected chi connectivity index (χ0v) is 10.8. The van der Waals surface area contributed by atoms with Gasteiger partial charge in [-0.3, -0.25) is 0 Å². The van der Waals surface area contributed by atoms with Crippen LogP contribution in [0.5, 0.6) is 0 Å². The molecule has 1 fully saturated rings. The maximum Gasteiger partial charge on any atom is 0.404 e. The first-order valence-corrected chi connectivity index (χ1v) is 7.19. The van der Waals surface area contributed by atoms with Crippen LogP contribution in [0.15, 0.2) is 10.7 Å². The zero-order valence-electron chi connectivity index (χ0n) is 8.35. The normalized spacial score (nSPS) is 27.2. The summed E-state index contributed by atoms with van der Waals surface area (Å²) < 4.78 is 23.9. The molecule has 0 spiro atoms. The summed E-state index contributed by atoms with van der Waals surface area (Å²) in [4.78, 5) is 9.89. The van der Waals surface area contributed by atoms with E-state index in [0.29, 0.717) is 0 Å². The van der Waals surface area contributed by atoms with Crippen molar-refractivity contribution in [3.63, 3.8) is 0 Å². The fourth-order valence-electron chi connectivity index (χ4n) is 1.72. The summed E-state index contributed by atoms with van der Waals surface area (Å²) in [5.74, 6) is -1.01. The Balaban J connectivity index is 2.36. The number of hydrogen-bond donors (Lipinski definition) is 1. The average molecular weight is 326 g/mol. The molecule has 0 aromatic carbocycles. The van der Waals surface area contributed by atoms with Gasteiger partial charge >= 0.3 is 5.82 Å². The Labute approximate surface area is 104 Å². The summed E-state index contributed by atoms with van der Waals surface area (Å²) in [6.07, 6.45) is 0.207. The maximum absolute atomic E-state index is 11.3. The molecular weight excluding hydrogens is 318 g/mol. The summed E-state index contributed by atoms with van der Waals surface area (Å²) in [6.45, 7) is 0. The Kier molecular flexibility index (Phi) is 2.96. The largest absolute Gasteiger partial charge is 0.404 e. The molecule has 0 amide bonds. The van der Waals surface area contributed by atoms with E-state index in [1.54, 1.807) is 0 Å². The molecule has 0 saturated carbocycles. The van der Waals surface area contributed by atoms with Crippen LogP contribution in [0.4, 0.5) is 5.82 Å². The minimum atomic E-state index is -3.31. The highest BCUT2D eigenvalue weighted by Crippen LogP contribution is 2.29. The molecule has 1 aromatic rings. The summed E-state index contributed by atoms with van der Waals surface area (Å²) in [6, 6.07) is -0.773. The average Bonchev–Trinajstić information content (AvgIpc) is 2.66. The van der Waals surface area contributed by atoms with E-state index in [1.165, 1.54) is 6.20 Å². The molecule has 0 bridgehead atoms. The van der Waals surface area contributed by atoms with Crippen LogP contribution < -0.4 is 0 Å². The van der Waals surface area contributed by atoms with Gasteiger partial charge in [0, 0.05) is 0 Å². The molecule has 2 atom stereocenters. The van der Waals surface area contributed by atoms with Gasteiger partial charge in [0.05, 0.1) is 28.9 Å². The molecule has 1 aliphatic rings. The number of sulfone groups is 1. The molecule has 2 heterocycles. The lowest BCUT2D eigenvalue weighted by Gasteiger charge is -2.08. The van der Waals surface area contributed by atoms with Gasteiger partial charge in [-0.05, 0) is 20.9 Å². The summed E-state index contributed by atoms with van der Waals surface area (Å²) >= 11 is 2.96. The van der Waals surface area contributed by atoms with Crippen molar-refractivity contribution >= 4 is 31.6 Å². The van der Waals surface area contributed by atoms with Gasteiger partial charge < -0.3 is 15.2 Å². The van der Waals surface area contributed by atoms with Crippen molar-refractivity contribution < 1.29 is 18.4 Å². The van der Waals surface area contributed by atoms with Crippen LogP contribution in [0.1, 0.15) is 6.04 Å². The molecular formula is C7H8BrN3O5S.